The highest BCUT2D eigenvalue weighted by Gasteiger charge is 2.20. The number of benzene rings is 2. The molecule has 0 unspecified atom stereocenters. The average molecular weight is 463 g/mol. The maximum atomic E-state index is 11.8. The van der Waals surface area contributed by atoms with E-state index in [0.717, 1.165) is 56.8 Å². The number of unbranched alkanes of at least 4 members (excludes halogenated alkanes) is 1. The summed E-state index contributed by atoms with van der Waals surface area (Å²) in [5.41, 5.74) is 8.69. The minimum atomic E-state index is -0.532. The van der Waals surface area contributed by atoms with Crippen molar-refractivity contribution in [3.05, 3.63) is 62.1 Å². The molecule has 0 aliphatic carbocycles. The summed E-state index contributed by atoms with van der Waals surface area (Å²) in [5.74, 6) is -1.04. The van der Waals surface area contributed by atoms with Crippen LogP contribution in [-0.4, -0.2) is 48.5 Å². The number of aromatic amines is 1. The first-order valence-corrected chi connectivity index (χ1v) is 11.1. The molecule has 1 aliphatic heterocycles. The molecule has 31 heavy (non-hydrogen) atoms. The van der Waals surface area contributed by atoms with Gasteiger partial charge in [-0.3, -0.25) is 14.7 Å². The topological polar surface area (TPSA) is 95.6 Å². The number of oxazole rings is 1. The number of primary amides is 1. The lowest BCUT2D eigenvalue weighted by Crippen LogP contribution is -2.46. The summed E-state index contributed by atoms with van der Waals surface area (Å²) < 4.78 is 5.11. The van der Waals surface area contributed by atoms with Crippen LogP contribution in [0.15, 0.2) is 39.5 Å². The first kappa shape index (κ1) is 21.7. The summed E-state index contributed by atoms with van der Waals surface area (Å²) in [5, 5.41) is 1.18. The van der Waals surface area contributed by atoms with Gasteiger partial charge in [0.05, 0.1) is 21.2 Å². The molecular weight excluding hydrogens is 439 g/mol. The van der Waals surface area contributed by atoms with Crippen molar-refractivity contribution in [2.45, 2.75) is 19.3 Å². The molecule has 0 bridgehead atoms. The fourth-order valence-electron chi connectivity index (χ4n) is 4.15. The van der Waals surface area contributed by atoms with Crippen LogP contribution in [0.1, 0.15) is 28.8 Å². The van der Waals surface area contributed by atoms with Gasteiger partial charge >= 0.3 is 5.76 Å². The number of fused-ring (bicyclic) bond motifs is 1. The lowest BCUT2D eigenvalue weighted by atomic mass is 9.99. The zero-order chi connectivity index (χ0) is 22.0. The Morgan fingerprint density at radius 3 is 2.61 bits per heavy atom. The van der Waals surface area contributed by atoms with Gasteiger partial charge in [0.25, 0.3) is 0 Å². The van der Waals surface area contributed by atoms with Crippen LogP contribution in [0.3, 0.4) is 0 Å². The Hall–Kier alpha value is -2.48. The van der Waals surface area contributed by atoms with Gasteiger partial charge in [-0.05, 0) is 55.6 Å². The maximum Gasteiger partial charge on any atom is 0.417 e. The van der Waals surface area contributed by atoms with Crippen LogP contribution in [0.2, 0.25) is 10.0 Å². The van der Waals surface area contributed by atoms with Crippen LogP contribution in [0.25, 0.3) is 11.1 Å². The molecule has 7 nitrogen and oxygen atoms in total. The minimum Gasteiger partial charge on any atom is -0.408 e. The number of hydrogen-bond acceptors (Lipinski definition) is 5. The van der Waals surface area contributed by atoms with E-state index in [-0.39, 0.29) is 0 Å². The first-order chi connectivity index (χ1) is 14.9. The molecule has 0 saturated carbocycles. The number of aromatic nitrogens is 1. The number of halogens is 2. The van der Waals surface area contributed by atoms with Gasteiger partial charge in [0.1, 0.15) is 0 Å². The number of nitrogens with two attached hydrogens (primary N) is 1. The number of carbonyl (C=O) groups is 1. The van der Waals surface area contributed by atoms with Gasteiger partial charge in [0.15, 0.2) is 5.58 Å². The number of piperazine rings is 1. The molecule has 3 aromatic rings. The molecule has 1 fully saturated rings. The van der Waals surface area contributed by atoms with E-state index >= 15 is 0 Å². The quantitative estimate of drug-likeness (QED) is 0.522. The second-order valence-electron chi connectivity index (χ2n) is 7.70. The van der Waals surface area contributed by atoms with Crippen LogP contribution in [-0.2, 0) is 6.42 Å². The fraction of sp³-hybridized carbons (Fsp3) is 0.364. The Labute approximate surface area is 189 Å². The number of H-pyrrole nitrogens is 1. The van der Waals surface area contributed by atoms with E-state index < -0.39 is 11.7 Å². The van der Waals surface area contributed by atoms with Crippen molar-refractivity contribution in [3.63, 3.8) is 0 Å². The van der Waals surface area contributed by atoms with E-state index in [4.69, 9.17) is 33.4 Å². The van der Waals surface area contributed by atoms with E-state index in [2.05, 4.69) is 14.8 Å². The summed E-state index contributed by atoms with van der Waals surface area (Å²) in [4.78, 5) is 30.7. The van der Waals surface area contributed by atoms with E-state index in [1.54, 1.807) is 18.2 Å². The van der Waals surface area contributed by atoms with Crippen LogP contribution < -0.4 is 16.4 Å². The van der Waals surface area contributed by atoms with Crippen molar-refractivity contribution in [2.24, 2.45) is 5.73 Å². The van der Waals surface area contributed by atoms with Crippen molar-refractivity contribution in [1.29, 1.82) is 0 Å². The van der Waals surface area contributed by atoms with Gasteiger partial charge in [-0.15, -0.1) is 0 Å². The number of aryl methyl sites for hydroxylation is 1. The van der Waals surface area contributed by atoms with Gasteiger partial charge in [-0.25, -0.2) is 4.79 Å². The average Bonchev–Trinajstić information content (AvgIpc) is 3.14. The number of carbonyl (C=O) groups excluding carboxylic acids is 1. The number of anilines is 1. The molecule has 4 rings (SSSR count). The summed E-state index contributed by atoms with van der Waals surface area (Å²) in [6, 6.07) is 8.94. The predicted molar refractivity (Wildman–Crippen MR) is 123 cm³/mol. The van der Waals surface area contributed by atoms with E-state index in [0.29, 0.717) is 33.1 Å². The smallest absolute Gasteiger partial charge is 0.408 e. The fourth-order valence-corrected chi connectivity index (χ4v) is 4.57. The van der Waals surface area contributed by atoms with E-state index in [1.807, 2.05) is 12.1 Å². The lowest BCUT2D eigenvalue weighted by Gasteiger charge is -2.36. The zero-order valence-electron chi connectivity index (χ0n) is 17.0. The van der Waals surface area contributed by atoms with Crippen molar-refractivity contribution in [1.82, 2.24) is 9.88 Å². The first-order valence-electron chi connectivity index (χ1n) is 10.3. The van der Waals surface area contributed by atoms with E-state index in [9.17, 15) is 9.59 Å². The Balaban J connectivity index is 1.31. The van der Waals surface area contributed by atoms with Crippen LogP contribution in [0.5, 0.6) is 0 Å². The summed E-state index contributed by atoms with van der Waals surface area (Å²) >= 11 is 12.5. The van der Waals surface area contributed by atoms with Crippen molar-refractivity contribution >= 4 is 45.9 Å². The zero-order valence-corrected chi connectivity index (χ0v) is 18.5. The standard InChI is InChI=1S/C22H24Cl2N4O3/c23-16-5-3-6-17(19(16)24)28-12-10-27(11-13-28)9-2-1-4-14-15(21(25)29)7-8-18-20(14)26-22(30)31-18/h3,5-8H,1-2,4,9-13H2,(H2,25,29)(H,26,30). The molecule has 2 aromatic carbocycles. The lowest BCUT2D eigenvalue weighted by molar-refractivity contribution is 0.0999. The highest BCUT2D eigenvalue weighted by molar-refractivity contribution is 6.43. The third kappa shape index (κ3) is 4.74. The van der Waals surface area contributed by atoms with Gasteiger partial charge in [0, 0.05) is 31.7 Å². The highest BCUT2D eigenvalue weighted by atomic mass is 35.5. The molecule has 1 aromatic heterocycles. The predicted octanol–water partition coefficient (Wildman–Crippen LogP) is 3.67. The number of hydrogen-bond donors (Lipinski definition) is 2. The maximum absolute atomic E-state index is 11.8. The number of amides is 1. The second kappa shape index (κ2) is 9.34. The molecule has 0 radical (unpaired) electrons. The third-order valence-corrected chi connectivity index (χ3v) is 6.57. The van der Waals surface area contributed by atoms with Crippen LogP contribution in [0, 0.1) is 0 Å². The summed E-state index contributed by atoms with van der Waals surface area (Å²) in [6.45, 7) is 4.63. The SMILES string of the molecule is NC(=O)c1ccc2oc(=O)[nH]c2c1CCCCN1CCN(c2cccc(Cl)c2Cl)CC1. The van der Waals surface area contributed by atoms with Crippen LogP contribution >= 0.6 is 23.2 Å². The molecular formula is C22H24Cl2N4O3. The number of rotatable bonds is 7. The summed E-state index contributed by atoms with van der Waals surface area (Å²) in [6.07, 6.45) is 2.48. The number of nitrogens with one attached hydrogen (secondary N) is 1. The van der Waals surface area contributed by atoms with Crippen molar-refractivity contribution in [2.75, 3.05) is 37.6 Å². The minimum absolute atomic E-state index is 0.427. The van der Waals surface area contributed by atoms with Gasteiger partial charge in [-0.2, -0.15) is 0 Å². The monoisotopic (exact) mass is 462 g/mol. The molecule has 1 saturated heterocycles. The van der Waals surface area contributed by atoms with Gasteiger partial charge in [-0.1, -0.05) is 29.3 Å². The van der Waals surface area contributed by atoms with E-state index in [1.165, 1.54) is 0 Å². The number of nitrogens with zero attached hydrogens (tertiary/aromatic N) is 2. The molecule has 9 heteroatoms. The Bertz CT molecular complexity index is 1150. The highest BCUT2D eigenvalue weighted by Crippen LogP contribution is 2.33. The van der Waals surface area contributed by atoms with Gasteiger partial charge < -0.3 is 15.1 Å². The molecule has 164 valence electrons. The molecule has 3 N–H and O–H groups in total. The molecule has 0 atom stereocenters. The largest absolute Gasteiger partial charge is 0.417 e. The Morgan fingerprint density at radius 1 is 1.10 bits per heavy atom. The van der Waals surface area contributed by atoms with Crippen molar-refractivity contribution in [3.8, 4) is 0 Å². The summed E-state index contributed by atoms with van der Waals surface area (Å²) in [7, 11) is 0. The molecule has 1 amide bonds. The molecule has 1 aliphatic rings. The molecule has 0 spiro atoms. The second-order valence-corrected chi connectivity index (χ2v) is 8.49. The van der Waals surface area contributed by atoms with Crippen LogP contribution in [0.4, 0.5) is 5.69 Å². The Kier molecular flexibility index (Phi) is 6.55. The van der Waals surface area contributed by atoms with Crippen molar-refractivity contribution < 1.29 is 9.21 Å². The van der Waals surface area contributed by atoms with Gasteiger partial charge in [0.2, 0.25) is 5.91 Å². The molecule has 2 heterocycles. The third-order valence-electron chi connectivity index (χ3n) is 5.77. The Morgan fingerprint density at radius 2 is 1.87 bits per heavy atom. The normalized spacial score (nSPS) is 15.0.